The van der Waals surface area contributed by atoms with Gasteiger partial charge in [0.05, 0.1) is 23.8 Å². The highest BCUT2D eigenvalue weighted by atomic mass is 16.7. The predicted octanol–water partition coefficient (Wildman–Crippen LogP) is 3.93. The van der Waals surface area contributed by atoms with Crippen LogP contribution in [0.2, 0.25) is 0 Å². The lowest BCUT2D eigenvalue weighted by atomic mass is 9.85. The minimum atomic E-state index is -1.11. The van der Waals surface area contributed by atoms with Crippen LogP contribution in [0.5, 0.6) is 0 Å². The van der Waals surface area contributed by atoms with Crippen LogP contribution in [0.15, 0.2) is 41.7 Å². The summed E-state index contributed by atoms with van der Waals surface area (Å²) in [5, 5.41) is 11.2. The highest BCUT2D eigenvalue weighted by Gasteiger charge is 2.56. The molecule has 1 spiro atoms. The molecule has 0 bridgehead atoms. The molecule has 1 saturated heterocycles. The van der Waals surface area contributed by atoms with Crippen molar-refractivity contribution >= 4 is 46.0 Å². The standard InChI is InChI=1S/C38H50N6O6/c1-37(2,3)33(42-30(45)19-23-10-6-4-5-7-11-23)36(49)44-22-38(20-28(43-50-38)26-14-8-12-25-13-9-17-40-31(25)26)21-29(44)35(48)41-27(18-24-15-16-24)32(46)34(39)47/h8-9,12-14,17,23-24,27,29,33H,4-7,10-11,15-16,18-22H2,1-3H3,(H2,39,47)(H,41,48)(H,42,45)/t27-,29-,33+,38+/m0/s1. The molecular weight excluding hydrogens is 636 g/mol. The van der Waals surface area contributed by atoms with Gasteiger partial charge >= 0.3 is 0 Å². The normalized spacial score (nSPS) is 23.9. The number of oxime groups is 1. The van der Waals surface area contributed by atoms with Gasteiger partial charge in [-0.15, -0.1) is 0 Å². The van der Waals surface area contributed by atoms with Crippen molar-refractivity contribution in [3.05, 3.63) is 42.1 Å². The fourth-order valence-corrected chi connectivity index (χ4v) is 7.83. The topological polar surface area (TPSA) is 173 Å². The number of para-hydroxylation sites is 1. The van der Waals surface area contributed by atoms with Crippen molar-refractivity contribution in [2.24, 2.45) is 28.1 Å². The molecule has 2 aliphatic carbocycles. The van der Waals surface area contributed by atoms with Gasteiger partial charge in [0.25, 0.3) is 5.91 Å². The zero-order valence-electron chi connectivity index (χ0n) is 29.4. The Morgan fingerprint density at radius 3 is 2.38 bits per heavy atom. The number of carbonyl (C=O) groups excluding carboxylic acids is 5. The SMILES string of the molecule is CC(C)(C)[C@H](NC(=O)CC1CCCCCC1)C(=O)N1C[C@@]2(CC(c3cccc4cccnc34)=NO2)C[C@H]1C(=O)N[C@@H](CC1CC1)C(=O)C(N)=O. The van der Waals surface area contributed by atoms with E-state index in [9.17, 15) is 24.0 Å². The molecule has 12 nitrogen and oxygen atoms in total. The number of nitrogens with two attached hydrogens (primary N) is 1. The van der Waals surface area contributed by atoms with Crippen LogP contribution in [0, 0.1) is 17.3 Å². The van der Waals surface area contributed by atoms with Gasteiger partial charge in [-0.1, -0.05) is 88.7 Å². The van der Waals surface area contributed by atoms with Crippen molar-refractivity contribution in [1.29, 1.82) is 0 Å². The molecule has 3 fully saturated rings. The molecule has 0 radical (unpaired) electrons. The molecule has 4 atom stereocenters. The lowest BCUT2D eigenvalue weighted by molar-refractivity contribution is -0.145. The molecule has 2 aliphatic heterocycles. The van der Waals surface area contributed by atoms with E-state index >= 15 is 0 Å². The average molecular weight is 687 g/mol. The van der Waals surface area contributed by atoms with Crippen LogP contribution in [0.3, 0.4) is 0 Å². The summed E-state index contributed by atoms with van der Waals surface area (Å²) < 4.78 is 0. The number of likely N-dealkylation sites (tertiary alicyclic amines) is 1. The lowest BCUT2D eigenvalue weighted by Gasteiger charge is -2.36. The number of ketones is 1. The molecule has 50 heavy (non-hydrogen) atoms. The van der Waals surface area contributed by atoms with Crippen molar-refractivity contribution in [2.45, 2.75) is 122 Å². The Bertz CT molecular complexity index is 1670. The summed E-state index contributed by atoms with van der Waals surface area (Å²) in [7, 11) is 0. The van der Waals surface area contributed by atoms with Gasteiger partial charge in [0.15, 0.2) is 5.60 Å². The Hall–Kier alpha value is -4.35. The first kappa shape index (κ1) is 35.5. The van der Waals surface area contributed by atoms with E-state index in [1.54, 1.807) is 6.20 Å². The van der Waals surface area contributed by atoms with Gasteiger partial charge in [-0.2, -0.15) is 0 Å². The molecule has 3 heterocycles. The van der Waals surface area contributed by atoms with Crippen LogP contribution in [0.25, 0.3) is 10.9 Å². The average Bonchev–Trinajstić information content (AvgIpc) is 3.77. The molecule has 4 N–H and O–H groups in total. The van der Waals surface area contributed by atoms with Crippen LogP contribution in [0.1, 0.15) is 103 Å². The third-order valence-corrected chi connectivity index (χ3v) is 10.8. The third kappa shape index (κ3) is 8.00. The molecule has 12 heteroatoms. The number of primary amides is 1. The second kappa shape index (κ2) is 14.5. The van der Waals surface area contributed by atoms with Gasteiger partial charge in [-0.25, -0.2) is 0 Å². The number of hydrogen-bond acceptors (Lipinski definition) is 8. The number of carbonyl (C=O) groups is 5. The van der Waals surface area contributed by atoms with Crippen LogP contribution in [-0.2, 0) is 28.8 Å². The van der Waals surface area contributed by atoms with Crippen LogP contribution in [-0.4, -0.2) is 75.3 Å². The summed E-state index contributed by atoms with van der Waals surface area (Å²) in [6.07, 6.45) is 11.2. The van der Waals surface area contributed by atoms with Crippen molar-refractivity contribution in [3.63, 3.8) is 0 Å². The highest BCUT2D eigenvalue weighted by Crippen LogP contribution is 2.41. The summed E-state index contributed by atoms with van der Waals surface area (Å²) in [4.78, 5) is 79.2. The van der Waals surface area contributed by atoms with Gasteiger partial charge in [0.2, 0.25) is 23.5 Å². The number of aromatic nitrogens is 1. The van der Waals surface area contributed by atoms with Crippen LogP contribution >= 0.6 is 0 Å². The molecule has 2 aromatic rings. The Balaban J connectivity index is 1.26. The molecule has 2 saturated carbocycles. The second-order valence-electron chi connectivity index (χ2n) is 16.0. The molecular formula is C38H50N6O6. The number of hydrogen-bond donors (Lipinski definition) is 3. The molecule has 4 aliphatic rings. The van der Waals surface area contributed by atoms with E-state index in [1.807, 2.05) is 51.1 Å². The van der Waals surface area contributed by atoms with Gasteiger partial charge < -0.3 is 26.1 Å². The summed E-state index contributed by atoms with van der Waals surface area (Å²) >= 11 is 0. The van der Waals surface area contributed by atoms with E-state index in [0.29, 0.717) is 25.0 Å². The lowest BCUT2D eigenvalue weighted by Crippen LogP contribution is -2.59. The van der Waals surface area contributed by atoms with Gasteiger partial charge in [0, 0.05) is 36.4 Å². The highest BCUT2D eigenvalue weighted by molar-refractivity contribution is 6.37. The van der Waals surface area contributed by atoms with E-state index in [1.165, 1.54) is 17.7 Å². The Kier molecular flexibility index (Phi) is 10.3. The fourth-order valence-electron chi connectivity index (χ4n) is 7.83. The molecule has 4 amide bonds. The van der Waals surface area contributed by atoms with Crippen molar-refractivity contribution < 1.29 is 28.8 Å². The maximum atomic E-state index is 14.7. The smallest absolute Gasteiger partial charge is 0.287 e. The first-order valence-electron chi connectivity index (χ1n) is 18.2. The van der Waals surface area contributed by atoms with Crippen LogP contribution < -0.4 is 16.4 Å². The minimum absolute atomic E-state index is 0.0389. The van der Waals surface area contributed by atoms with E-state index in [4.69, 9.17) is 10.6 Å². The number of nitrogens with one attached hydrogen (secondary N) is 2. The monoisotopic (exact) mass is 686 g/mol. The molecule has 1 aromatic heterocycles. The van der Waals surface area contributed by atoms with Crippen LogP contribution in [0.4, 0.5) is 0 Å². The van der Waals surface area contributed by atoms with E-state index < -0.39 is 52.6 Å². The number of pyridine rings is 1. The summed E-state index contributed by atoms with van der Waals surface area (Å²) in [6.45, 7) is 5.71. The summed E-state index contributed by atoms with van der Waals surface area (Å²) in [5.74, 6) is -2.64. The Morgan fingerprint density at radius 1 is 0.980 bits per heavy atom. The molecule has 0 unspecified atom stereocenters. The van der Waals surface area contributed by atoms with Gasteiger partial charge in [-0.05, 0) is 42.6 Å². The van der Waals surface area contributed by atoms with Gasteiger partial charge in [0.1, 0.15) is 12.1 Å². The minimum Gasteiger partial charge on any atom is -0.387 e. The predicted molar refractivity (Wildman–Crippen MR) is 187 cm³/mol. The number of fused-ring (bicyclic) bond motifs is 1. The molecule has 1 aromatic carbocycles. The van der Waals surface area contributed by atoms with Crippen molar-refractivity contribution in [3.8, 4) is 0 Å². The quantitative estimate of drug-likeness (QED) is 0.237. The Morgan fingerprint density at radius 2 is 1.70 bits per heavy atom. The zero-order valence-corrected chi connectivity index (χ0v) is 29.4. The largest absolute Gasteiger partial charge is 0.387 e. The number of nitrogens with zero attached hydrogens (tertiary/aromatic N) is 3. The summed E-state index contributed by atoms with van der Waals surface area (Å²) in [6, 6.07) is 6.60. The first-order chi connectivity index (χ1) is 23.8. The number of benzene rings is 1. The van der Waals surface area contributed by atoms with E-state index in [0.717, 1.165) is 55.0 Å². The zero-order chi connectivity index (χ0) is 35.6. The Labute approximate surface area is 293 Å². The number of amides is 4. The first-order valence-corrected chi connectivity index (χ1v) is 18.2. The second-order valence-corrected chi connectivity index (χ2v) is 16.0. The number of rotatable bonds is 11. The van der Waals surface area contributed by atoms with E-state index in [2.05, 4.69) is 20.8 Å². The number of Topliss-reactive ketones (excluding diaryl/α,β-unsaturated/α-hetero) is 1. The molecule has 268 valence electrons. The van der Waals surface area contributed by atoms with Crippen molar-refractivity contribution in [2.75, 3.05) is 6.54 Å². The fraction of sp³-hybridized carbons (Fsp3) is 0.605. The van der Waals surface area contributed by atoms with Gasteiger partial charge in [-0.3, -0.25) is 29.0 Å². The molecule has 6 rings (SSSR count). The summed E-state index contributed by atoms with van der Waals surface area (Å²) in [5.41, 5.74) is 5.88. The third-order valence-electron chi connectivity index (χ3n) is 10.8. The maximum Gasteiger partial charge on any atom is 0.287 e. The van der Waals surface area contributed by atoms with Crippen molar-refractivity contribution in [1.82, 2.24) is 20.5 Å². The maximum absolute atomic E-state index is 14.7. The van der Waals surface area contributed by atoms with E-state index in [-0.39, 0.29) is 30.7 Å².